The summed E-state index contributed by atoms with van der Waals surface area (Å²) in [5, 5.41) is 1.88. The second-order valence-electron chi connectivity index (χ2n) is 9.51. The lowest BCUT2D eigenvalue weighted by Crippen LogP contribution is -2.56. The molecule has 214 valence electrons. The predicted octanol–water partition coefficient (Wildman–Crippen LogP) is 2.19. The van der Waals surface area contributed by atoms with E-state index in [0.29, 0.717) is 10.4 Å². The number of alkyl halides is 3. The second kappa shape index (κ2) is 10.8. The normalized spacial score (nSPS) is 21.9. The number of hydrogen-bond acceptors (Lipinski definition) is 6. The van der Waals surface area contributed by atoms with Crippen LogP contribution in [0.3, 0.4) is 0 Å². The molecule has 2 heterocycles. The van der Waals surface area contributed by atoms with Gasteiger partial charge in [-0.05, 0) is 61.2 Å². The Labute approximate surface area is 228 Å². The highest BCUT2D eigenvalue weighted by atomic mass is 35.5. The molecule has 2 aliphatic heterocycles. The molecule has 0 aliphatic carbocycles. The lowest BCUT2D eigenvalue weighted by atomic mass is 10.1. The Bertz CT molecular complexity index is 1500. The van der Waals surface area contributed by atoms with Crippen LogP contribution in [0, 0.1) is 0 Å². The number of piperidine rings is 1. The summed E-state index contributed by atoms with van der Waals surface area (Å²) in [6.07, 6.45) is 0.479. The first-order valence-electron chi connectivity index (χ1n) is 12.0. The van der Waals surface area contributed by atoms with Crippen LogP contribution in [0.4, 0.5) is 13.2 Å². The molecule has 2 saturated heterocycles. The zero-order valence-electron chi connectivity index (χ0n) is 20.6. The van der Waals surface area contributed by atoms with Gasteiger partial charge < -0.3 is 9.80 Å². The average molecular weight is 611 g/mol. The second-order valence-corrected chi connectivity index (χ2v) is 13.4. The number of fused-ring (bicyclic) bond motifs is 1. The van der Waals surface area contributed by atoms with E-state index < -0.39 is 55.5 Å². The van der Waals surface area contributed by atoms with Crippen LogP contribution in [0.25, 0.3) is 10.8 Å². The van der Waals surface area contributed by atoms with E-state index in [2.05, 4.69) is 4.72 Å². The molecule has 4 rings (SSSR count). The van der Waals surface area contributed by atoms with E-state index in [4.69, 9.17) is 11.6 Å². The summed E-state index contributed by atoms with van der Waals surface area (Å²) in [6.45, 7) is 1.41. The highest BCUT2D eigenvalue weighted by Gasteiger charge is 2.47. The van der Waals surface area contributed by atoms with Crippen LogP contribution in [0.1, 0.15) is 26.2 Å². The summed E-state index contributed by atoms with van der Waals surface area (Å²) < 4.78 is 91.1. The average Bonchev–Trinajstić information content (AvgIpc) is 3.21. The van der Waals surface area contributed by atoms with Crippen molar-refractivity contribution in [1.29, 1.82) is 0 Å². The molecule has 0 spiro atoms. The van der Waals surface area contributed by atoms with Gasteiger partial charge >= 0.3 is 15.5 Å². The molecule has 0 saturated carbocycles. The molecule has 2 aliphatic rings. The number of nitrogens with zero attached hydrogens (tertiary/aromatic N) is 2. The summed E-state index contributed by atoms with van der Waals surface area (Å²) in [5.74, 6) is -1.19. The van der Waals surface area contributed by atoms with Crippen LogP contribution in [0.15, 0.2) is 41.3 Å². The predicted molar refractivity (Wildman–Crippen MR) is 137 cm³/mol. The van der Waals surface area contributed by atoms with E-state index in [0.717, 1.165) is 5.39 Å². The fourth-order valence-corrected chi connectivity index (χ4v) is 6.97. The third-order valence-electron chi connectivity index (χ3n) is 6.81. The van der Waals surface area contributed by atoms with Crippen molar-refractivity contribution in [2.45, 2.75) is 54.7 Å². The SMILES string of the molecule is C[C@@H](C(=O)N1CCCC(NS(=O)(=O)C(F)(F)F)C1)N1CCC(NS(=O)(=O)c2ccc3cc(Cl)ccc3c2)C1=O. The number of nitrogens with one attached hydrogen (secondary N) is 2. The Balaban J connectivity index is 1.40. The minimum Gasteiger partial charge on any atom is -0.339 e. The number of amides is 2. The minimum atomic E-state index is -5.58. The van der Waals surface area contributed by atoms with Gasteiger partial charge in [0, 0.05) is 30.7 Å². The van der Waals surface area contributed by atoms with Gasteiger partial charge in [0.15, 0.2) is 0 Å². The smallest absolute Gasteiger partial charge is 0.339 e. The van der Waals surface area contributed by atoms with Gasteiger partial charge in [0.05, 0.1) is 4.90 Å². The van der Waals surface area contributed by atoms with Gasteiger partial charge in [0.25, 0.3) is 0 Å². The van der Waals surface area contributed by atoms with Crippen LogP contribution in [-0.4, -0.2) is 81.7 Å². The van der Waals surface area contributed by atoms with Gasteiger partial charge in [-0.15, -0.1) is 0 Å². The van der Waals surface area contributed by atoms with E-state index >= 15 is 0 Å². The van der Waals surface area contributed by atoms with Gasteiger partial charge in [-0.3, -0.25) is 9.59 Å². The number of halogens is 4. The van der Waals surface area contributed by atoms with Crippen molar-refractivity contribution in [2.75, 3.05) is 19.6 Å². The molecule has 39 heavy (non-hydrogen) atoms. The van der Waals surface area contributed by atoms with Crippen LogP contribution >= 0.6 is 11.6 Å². The highest BCUT2D eigenvalue weighted by molar-refractivity contribution is 7.90. The van der Waals surface area contributed by atoms with Crippen molar-refractivity contribution in [3.63, 3.8) is 0 Å². The van der Waals surface area contributed by atoms with Crippen LogP contribution in [0.5, 0.6) is 0 Å². The Morgan fingerprint density at radius 3 is 2.38 bits per heavy atom. The van der Waals surface area contributed by atoms with E-state index in [1.54, 1.807) is 29.0 Å². The summed E-state index contributed by atoms with van der Waals surface area (Å²) in [5.41, 5.74) is -5.47. The molecule has 3 atom stereocenters. The van der Waals surface area contributed by atoms with Crippen molar-refractivity contribution < 1.29 is 39.6 Å². The third-order valence-corrected chi connectivity index (χ3v) is 9.76. The molecule has 2 N–H and O–H groups in total. The van der Waals surface area contributed by atoms with Crippen molar-refractivity contribution in [3.05, 3.63) is 41.4 Å². The number of rotatable bonds is 7. The largest absolute Gasteiger partial charge is 0.511 e. The van der Waals surface area contributed by atoms with Gasteiger partial charge in [0.1, 0.15) is 12.1 Å². The summed E-state index contributed by atoms with van der Waals surface area (Å²) in [4.78, 5) is 28.5. The molecule has 0 radical (unpaired) electrons. The number of benzene rings is 2. The van der Waals surface area contributed by atoms with Crippen molar-refractivity contribution in [2.24, 2.45) is 0 Å². The lowest BCUT2D eigenvalue weighted by Gasteiger charge is -2.36. The van der Waals surface area contributed by atoms with Gasteiger partial charge in [-0.25, -0.2) is 21.6 Å². The zero-order chi connectivity index (χ0) is 28.8. The van der Waals surface area contributed by atoms with E-state index in [-0.39, 0.29) is 43.8 Å². The fourth-order valence-electron chi connectivity index (χ4n) is 4.77. The van der Waals surface area contributed by atoms with Crippen LogP contribution in [-0.2, 0) is 29.6 Å². The molecule has 2 aromatic carbocycles. The van der Waals surface area contributed by atoms with Crippen LogP contribution in [0.2, 0.25) is 5.02 Å². The summed E-state index contributed by atoms with van der Waals surface area (Å²) >= 11 is 5.97. The van der Waals surface area contributed by atoms with Crippen molar-refractivity contribution >= 4 is 54.2 Å². The third kappa shape index (κ3) is 6.32. The Morgan fingerprint density at radius 2 is 1.69 bits per heavy atom. The van der Waals surface area contributed by atoms with Crippen molar-refractivity contribution in [3.8, 4) is 0 Å². The van der Waals surface area contributed by atoms with E-state index in [9.17, 15) is 39.6 Å². The Morgan fingerprint density at radius 1 is 1.03 bits per heavy atom. The monoisotopic (exact) mass is 610 g/mol. The summed E-state index contributed by atoms with van der Waals surface area (Å²) in [6, 6.07) is 6.16. The lowest BCUT2D eigenvalue weighted by molar-refractivity contribution is -0.144. The molecule has 0 bridgehead atoms. The van der Waals surface area contributed by atoms with Crippen LogP contribution < -0.4 is 9.44 Å². The number of hydrogen-bond donors (Lipinski definition) is 2. The first-order chi connectivity index (χ1) is 18.1. The quantitative estimate of drug-likeness (QED) is 0.494. The molecule has 2 amide bonds. The topological polar surface area (TPSA) is 133 Å². The highest BCUT2D eigenvalue weighted by Crippen LogP contribution is 2.26. The molecule has 16 heteroatoms. The molecule has 2 aromatic rings. The number of likely N-dealkylation sites (tertiary alicyclic amines) is 2. The maximum absolute atomic E-state index is 13.1. The minimum absolute atomic E-state index is 0.0478. The molecule has 10 nitrogen and oxygen atoms in total. The first kappa shape index (κ1) is 29.5. The first-order valence-corrected chi connectivity index (χ1v) is 15.3. The Hall–Kier alpha value is -2.46. The number of sulfonamides is 2. The van der Waals surface area contributed by atoms with Gasteiger partial charge in [-0.1, -0.05) is 23.7 Å². The van der Waals surface area contributed by atoms with Gasteiger partial charge in [0.2, 0.25) is 21.8 Å². The standard InChI is InChI=1S/C23H26ClF3N4O6S2/c1-14(21(32)30-9-2-3-18(13-30)28-39(36,37)23(25,26)27)31-10-8-20(22(31)33)29-38(34,35)19-7-5-15-11-17(24)6-4-16(15)12-19/h4-7,11-12,14,18,20,28-29H,2-3,8-10,13H2,1H3/t14-,18?,20?/m0/s1. The molecule has 0 aromatic heterocycles. The van der Waals surface area contributed by atoms with E-state index in [1.165, 1.54) is 28.9 Å². The maximum atomic E-state index is 13.1. The molecule has 2 fully saturated rings. The molecule has 2 unspecified atom stereocenters. The Kier molecular flexibility index (Phi) is 8.21. The maximum Gasteiger partial charge on any atom is 0.511 e. The number of carbonyl (C=O) groups is 2. The fraction of sp³-hybridized carbons (Fsp3) is 0.478. The zero-order valence-corrected chi connectivity index (χ0v) is 23.0. The molecular weight excluding hydrogens is 585 g/mol. The summed E-state index contributed by atoms with van der Waals surface area (Å²) in [7, 11) is -9.66. The van der Waals surface area contributed by atoms with Gasteiger partial charge in [-0.2, -0.15) is 17.9 Å². The van der Waals surface area contributed by atoms with Crippen molar-refractivity contribution in [1.82, 2.24) is 19.2 Å². The van der Waals surface area contributed by atoms with E-state index in [1.807, 2.05) is 0 Å². The number of carbonyl (C=O) groups excluding carboxylic acids is 2. The molecular formula is C23H26ClF3N4O6S2.